The van der Waals surface area contributed by atoms with E-state index < -0.39 is 0 Å². The molecule has 0 unspecified atom stereocenters. The molecule has 0 N–H and O–H groups in total. The van der Waals surface area contributed by atoms with Crippen LogP contribution in [0.3, 0.4) is 0 Å². The third-order valence-corrected chi connectivity index (χ3v) is 4.58. The van der Waals surface area contributed by atoms with Crippen LogP contribution in [0.5, 0.6) is 0 Å². The molecule has 1 aliphatic rings. The molecule has 4 heteroatoms. The summed E-state index contributed by atoms with van der Waals surface area (Å²) in [5, 5.41) is 0. The van der Waals surface area contributed by atoms with Crippen molar-refractivity contribution in [2.24, 2.45) is 0 Å². The van der Waals surface area contributed by atoms with Gasteiger partial charge in [-0.25, -0.2) is 0 Å². The van der Waals surface area contributed by atoms with Crippen molar-refractivity contribution in [3.05, 3.63) is 71.8 Å². The van der Waals surface area contributed by atoms with E-state index in [1.54, 1.807) is 6.92 Å². The zero-order valence-corrected chi connectivity index (χ0v) is 14.8. The number of nitrogens with zero attached hydrogens (tertiary/aromatic N) is 2. The molecule has 0 radical (unpaired) electrons. The van der Waals surface area contributed by atoms with Gasteiger partial charge in [-0.2, -0.15) is 0 Å². The number of ketones is 1. The molecule has 0 atom stereocenters. The van der Waals surface area contributed by atoms with Gasteiger partial charge in [0.1, 0.15) is 6.61 Å². The van der Waals surface area contributed by atoms with Crippen molar-refractivity contribution in [2.45, 2.75) is 13.0 Å². The highest BCUT2D eigenvalue weighted by molar-refractivity contribution is 5.76. The largest absolute Gasteiger partial charge is 0.358 e. The molecule has 0 bridgehead atoms. The van der Waals surface area contributed by atoms with Crippen LogP contribution in [0.4, 0.5) is 0 Å². The molecule has 0 spiro atoms. The fourth-order valence-electron chi connectivity index (χ4n) is 3.35. The summed E-state index contributed by atoms with van der Waals surface area (Å²) in [5.74, 6) is 0.0758. The van der Waals surface area contributed by atoms with Crippen LogP contribution in [0.2, 0.25) is 0 Å². The van der Waals surface area contributed by atoms with E-state index in [0.717, 1.165) is 26.2 Å². The van der Waals surface area contributed by atoms with Crippen LogP contribution in [0.15, 0.2) is 60.7 Å². The van der Waals surface area contributed by atoms with Crippen molar-refractivity contribution in [1.29, 1.82) is 0 Å². The maximum Gasteiger partial charge on any atom is 0.155 e. The van der Waals surface area contributed by atoms with Gasteiger partial charge in [-0.3, -0.25) is 14.6 Å². The Bertz CT molecular complexity index is 613. The Balaban J connectivity index is 1.66. The minimum Gasteiger partial charge on any atom is -0.358 e. The molecule has 1 aliphatic heterocycles. The van der Waals surface area contributed by atoms with Gasteiger partial charge in [-0.15, -0.1) is 0 Å². The number of hydrogen-bond donors (Lipinski definition) is 0. The van der Waals surface area contributed by atoms with Crippen LogP contribution < -0.4 is 0 Å². The van der Waals surface area contributed by atoms with Crippen LogP contribution >= 0.6 is 0 Å². The molecule has 2 aromatic carbocycles. The predicted molar refractivity (Wildman–Crippen MR) is 99.4 cm³/mol. The number of carbonyl (C=O) groups excluding carboxylic acids is 1. The molecule has 2 aromatic rings. The van der Waals surface area contributed by atoms with Crippen molar-refractivity contribution in [3.63, 3.8) is 0 Å². The lowest BCUT2D eigenvalue weighted by atomic mass is 9.96. The molecular formula is C21H26N2O2. The molecule has 0 saturated carbocycles. The van der Waals surface area contributed by atoms with Gasteiger partial charge in [-0.05, 0) is 18.1 Å². The molecule has 1 heterocycles. The number of Topliss-reactive ketones (excluding diaryl/α,β-unsaturated/α-hetero) is 1. The average molecular weight is 338 g/mol. The van der Waals surface area contributed by atoms with Gasteiger partial charge in [0.2, 0.25) is 0 Å². The van der Waals surface area contributed by atoms with Crippen molar-refractivity contribution < 1.29 is 9.53 Å². The van der Waals surface area contributed by atoms with Gasteiger partial charge in [-0.1, -0.05) is 60.7 Å². The Labute approximate surface area is 150 Å². The number of piperazine rings is 1. The topological polar surface area (TPSA) is 32.8 Å². The standard InChI is InChI=1S/C21H26N2O2/c1-18(24)16-25-17-22-12-14-23(15-13-22)21(19-8-4-2-5-9-19)20-10-6-3-7-11-20/h2-11,21H,12-17H2,1H3. The van der Waals surface area contributed by atoms with E-state index in [1.165, 1.54) is 11.1 Å². The lowest BCUT2D eigenvalue weighted by Gasteiger charge is -2.39. The van der Waals surface area contributed by atoms with E-state index in [1.807, 2.05) is 0 Å². The molecule has 1 saturated heterocycles. The Hall–Kier alpha value is -2.01. The highest BCUT2D eigenvalue weighted by atomic mass is 16.5. The van der Waals surface area contributed by atoms with Crippen LogP contribution in [-0.4, -0.2) is 55.1 Å². The second-order valence-electron chi connectivity index (χ2n) is 6.56. The fourth-order valence-corrected chi connectivity index (χ4v) is 3.35. The van der Waals surface area contributed by atoms with E-state index in [9.17, 15) is 4.79 Å². The summed E-state index contributed by atoms with van der Waals surface area (Å²) in [5.41, 5.74) is 2.66. The van der Waals surface area contributed by atoms with Crippen molar-refractivity contribution in [1.82, 2.24) is 9.80 Å². The maximum atomic E-state index is 11.0. The summed E-state index contributed by atoms with van der Waals surface area (Å²) in [4.78, 5) is 15.8. The van der Waals surface area contributed by atoms with Gasteiger partial charge in [0.25, 0.3) is 0 Å². The molecule has 132 valence electrons. The van der Waals surface area contributed by atoms with Gasteiger partial charge in [0, 0.05) is 26.2 Å². The minimum atomic E-state index is 0.0758. The van der Waals surface area contributed by atoms with Crippen LogP contribution in [0.1, 0.15) is 24.1 Å². The Morgan fingerprint density at radius 2 is 1.44 bits per heavy atom. The van der Waals surface area contributed by atoms with E-state index in [-0.39, 0.29) is 18.4 Å². The third kappa shape index (κ3) is 4.98. The van der Waals surface area contributed by atoms with E-state index in [2.05, 4.69) is 70.5 Å². The third-order valence-electron chi connectivity index (χ3n) is 4.58. The number of benzene rings is 2. The van der Waals surface area contributed by atoms with Crippen LogP contribution in [-0.2, 0) is 9.53 Å². The first-order chi connectivity index (χ1) is 12.2. The van der Waals surface area contributed by atoms with E-state index in [0.29, 0.717) is 6.73 Å². The minimum absolute atomic E-state index is 0.0758. The summed E-state index contributed by atoms with van der Waals surface area (Å²) in [6.07, 6.45) is 0. The number of ether oxygens (including phenoxy) is 1. The molecule has 0 aliphatic carbocycles. The van der Waals surface area contributed by atoms with Crippen molar-refractivity contribution in [3.8, 4) is 0 Å². The zero-order chi connectivity index (χ0) is 17.5. The van der Waals surface area contributed by atoms with E-state index >= 15 is 0 Å². The van der Waals surface area contributed by atoms with Crippen LogP contribution in [0.25, 0.3) is 0 Å². The molecule has 1 fully saturated rings. The quantitative estimate of drug-likeness (QED) is 0.777. The highest BCUT2D eigenvalue weighted by Crippen LogP contribution is 2.29. The zero-order valence-electron chi connectivity index (χ0n) is 14.8. The number of rotatable bonds is 7. The molecule has 0 aromatic heterocycles. The summed E-state index contributed by atoms with van der Waals surface area (Å²) in [6, 6.07) is 21.7. The SMILES string of the molecule is CC(=O)COCN1CCN(C(c2ccccc2)c2ccccc2)CC1. The smallest absolute Gasteiger partial charge is 0.155 e. The summed E-state index contributed by atoms with van der Waals surface area (Å²) < 4.78 is 5.46. The maximum absolute atomic E-state index is 11.0. The number of hydrogen-bond acceptors (Lipinski definition) is 4. The van der Waals surface area contributed by atoms with Gasteiger partial charge >= 0.3 is 0 Å². The van der Waals surface area contributed by atoms with Gasteiger partial charge in [0.15, 0.2) is 5.78 Å². The number of carbonyl (C=O) groups is 1. The van der Waals surface area contributed by atoms with Crippen molar-refractivity contribution >= 4 is 5.78 Å². The molecule has 4 nitrogen and oxygen atoms in total. The molecular weight excluding hydrogens is 312 g/mol. The molecule has 0 amide bonds. The monoisotopic (exact) mass is 338 g/mol. The average Bonchev–Trinajstić information content (AvgIpc) is 2.65. The Morgan fingerprint density at radius 1 is 0.920 bits per heavy atom. The van der Waals surface area contributed by atoms with Crippen molar-refractivity contribution in [2.75, 3.05) is 39.5 Å². The first-order valence-electron chi connectivity index (χ1n) is 8.87. The molecule has 25 heavy (non-hydrogen) atoms. The van der Waals surface area contributed by atoms with Crippen LogP contribution in [0, 0.1) is 0 Å². The first kappa shape index (κ1) is 17.8. The van der Waals surface area contributed by atoms with Gasteiger partial charge in [0.05, 0.1) is 12.8 Å². The lowest BCUT2D eigenvalue weighted by molar-refractivity contribution is -0.123. The summed E-state index contributed by atoms with van der Waals surface area (Å²) in [6.45, 7) is 6.17. The van der Waals surface area contributed by atoms with Gasteiger partial charge < -0.3 is 4.74 Å². The lowest BCUT2D eigenvalue weighted by Crippen LogP contribution is -2.48. The predicted octanol–water partition coefficient (Wildman–Crippen LogP) is 2.96. The first-order valence-corrected chi connectivity index (χ1v) is 8.87. The van der Waals surface area contributed by atoms with E-state index in [4.69, 9.17) is 4.74 Å². The fraction of sp³-hybridized carbons (Fsp3) is 0.381. The Kier molecular flexibility index (Phi) is 6.34. The summed E-state index contributed by atoms with van der Waals surface area (Å²) >= 11 is 0. The Morgan fingerprint density at radius 3 is 1.92 bits per heavy atom. The second-order valence-corrected chi connectivity index (χ2v) is 6.56. The molecule has 3 rings (SSSR count). The summed E-state index contributed by atoms with van der Waals surface area (Å²) in [7, 11) is 0. The normalized spacial score (nSPS) is 16.2. The highest BCUT2D eigenvalue weighted by Gasteiger charge is 2.26. The second kappa shape index (κ2) is 8.90.